The van der Waals surface area contributed by atoms with Gasteiger partial charge in [0.25, 0.3) is 0 Å². The van der Waals surface area contributed by atoms with Crippen molar-refractivity contribution in [3.05, 3.63) is 106 Å². The molecular weight excluding hydrogens is 773 g/mol. The smallest absolute Gasteiger partial charge is 0.333 e. The molecule has 3 fully saturated rings. The number of hydrogen-bond acceptors (Lipinski definition) is 9. The van der Waals surface area contributed by atoms with Gasteiger partial charge in [-0.2, -0.15) is 0 Å². The number of hydrogen-bond donors (Lipinski definition) is 2. The number of carbonyl (C=O) groups excluding carboxylic acids is 1. The van der Waals surface area contributed by atoms with E-state index in [1.165, 1.54) is 0 Å². The van der Waals surface area contributed by atoms with E-state index in [1.54, 1.807) is 25.7 Å². The molecule has 0 aliphatic carbocycles. The van der Waals surface area contributed by atoms with E-state index >= 15 is 0 Å². The van der Waals surface area contributed by atoms with Gasteiger partial charge in [0.15, 0.2) is 6.04 Å². The summed E-state index contributed by atoms with van der Waals surface area (Å²) < 4.78 is 12.4. The molecule has 0 radical (unpaired) electrons. The number of aliphatic imine (C=N–C) groups is 2. The summed E-state index contributed by atoms with van der Waals surface area (Å²) in [7, 11) is 1.64. The molecule has 9 nitrogen and oxygen atoms in total. The second kappa shape index (κ2) is 17.6. The van der Waals surface area contributed by atoms with E-state index in [0.29, 0.717) is 28.7 Å². The number of phenolic OH excluding ortho intramolecular Hbond substituents is 2. The van der Waals surface area contributed by atoms with Gasteiger partial charge in [0.05, 0.1) is 25.2 Å². The van der Waals surface area contributed by atoms with Crippen molar-refractivity contribution >= 4 is 29.3 Å². The molecule has 4 aromatic rings. The molecule has 62 heavy (non-hydrogen) atoms. The van der Waals surface area contributed by atoms with Gasteiger partial charge in [0, 0.05) is 58.4 Å². The van der Waals surface area contributed by atoms with Gasteiger partial charge in [-0.05, 0) is 100 Å². The summed E-state index contributed by atoms with van der Waals surface area (Å²) in [5, 5.41) is 24.2. The summed E-state index contributed by atoms with van der Waals surface area (Å²) in [5.41, 5.74) is 5.38. The highest BCUT2D eigenvalue weighted by Gasteiger charge is 2.45. The zero-order chi connectivity index (χ0) is 45.5. The molecule has 4 unspecified atom stereocenters. The molecule has 0 amide bonds. The third-order valence-corrected chi connectivity index (χ3v) is 12.8. The largest absolute Gasteiger partial charge is 0.507 e. The number of pyridine rings is 1. The van der Waals surface area contributed by atoms with Gasteiger partial charge in [0.2, 0.25) is 0 Å². The normalized spacial score (nSPS) is 20.8. The number of ether oxygens (including phenoxy) is 2. The van der Waals surface area contributed by atoms with Gasteiger partial charge >= 0.3 is 5.97 Å². The van der Waals surface area contributed by atoms with Gasteiger partial charge in [0.1, 0.15) is 23.4 Å². The molecule has 4 heterocycles. The minimum atomic E-state index is -1.08. The fourth-order valence-electron chi connectivity index (χ4n) is 8.89. The SMILES string of the molecule is C=CC1CN2CCC1CC2[C@H](OC(=O)[C@H](CN=Cc1cc(C(C)(C)C)cc(C(C)(C)C)c1O)N=Cc1cc(C(C)(C)C)cc(C(C)(C)C)c1O)c1ccnc2ccc(OC)cc12. The summed E-state index contributed by atoms with van der Waals surface area (Å²) >= 11 is 0. The lowest BCUT2D eigenvalue weighted by Gasteiger charge is -2.51. The first-order valence-corrected chi connectivity index (χ1v) is 22.2. The average Bonchev–Trinajstić information content (AvgIpc) is 3.20. The molecule has 3 aromatic carbocycles. The number of methoxy groups -OCH3 is 1. The Labute approximate surface area is 370 Å². The fraction of sp³-hybridized carbons (Fsp3) is 0.509. The van der Waals surface area contributed by atoms with E-state index in [2.05, 4.69) is 118 Å². The maximum Gasteiger partial charge on any atom is 0.333 e. The van der Waals surface area contributed by atoms with Crippen molar-refractivity contribution < 1.29 is 24.5 Å². The lowest BCUT2D eigenvalue weighted by Crippen LogP contribution is -2.55. The lowest BCUT2D eigenvalue weighted by atomic mass is 9.73. The molecular formula is C53H70N4O5. The molecule has 3 aliphatic rings. The van der Waals surface area contributed by atoms with Crippen LogP contribution in [0.5, 0.6) is 17.2 Å². The monoisotopic (exact) mass is 843 g/mol. The number of aromatic nitrogens is 1. The Morgan fingerprint density at radius 2 is 1.45 bits per heavy atom. The predicted molar refractivity (Wildman–Crippen MR) is 254 cm³/mol. The van der Waals surface area contributed by atoms with Crippen molar-refractivity contribution in [2.75, 3.05) is 26.7 Å². The molecule has 332 valence electrons. The molecule has 0 spiro atoms. The van der Waals surface area contributed by atoms with Gasteiger partial charge in [-0.3, -0.25) is 19.9 Å². The van der Waals surface area contributed by atoms with Crippen molar-refractivity contribution in [3.63, 3.8) is 0 Å². The van der Waals surface area contributed by atoms with Crippen LogP contribution in [0.15, 0.2) is 77.4 Å². The maximum absolute atomic E-state index is 15.0. The first kappa shape index (κ1) is 46.5. The van der Waals surface area contributed by atoms with Gasteiger partial charge < -0.3 is 19.7 Å². The topological polar surface area (TPSA) is 117 Å². The standard InChI is InChI=1S/C53H70N4O5/c1-15-32-31-57-21-19-33(32)24-45(57)48(39-18-20-55-43-17-16-38(61-14)27-40(39)43)62-49(60)44(56-29-35-23-37(51(5,6)7)26-42(47(35)59)53(11,12)13)30-54-28-34-22-36(50(2,3)4)25-41(46(34)58)52(8,9)10/h15-18,20,22-23,25-29,32-33,44-45,48,58-59H,1,19,21,24,30-31H2,2-14H3/t32?,33?,44-,45?,48+/m0/s1. The number of carbonyl (C=O) groups is 1. The highest BCUT2D eigenvalue weighted by Crippen LogP contribution is 2.44. The molecule has 3 aliphatic heterocycles. The van der Waals surface area contributed by atoms with Crippen LogP contribution in [0.2, 0.25) is 0 Å². The Morgan fingerprint density at radius 1 is 0.855 bits per heavy atom. The third-order valence-electron chi connectivity index (χ3n) is 12.8. The molecule has 2 bridgehead atoms. The Kier molecular flexibility index (Phi) is 13.2. The second-order valence-electron chi connectivity index (χ2n) is 21.6. The summed E-state index contributed by atoms with van der Waals surface area (Å²) in [5.74, 6) is 1.24. The minimum Gasteiger partial charge on any atom is -0.507 e. The van der Waals surface area contributed by atoms with Crippen LogP contribution in [0.4, 0.5) is 0 Å². The van der Waals surface area contributed by atoms with E-state index < -0.39 is 18.1 Å². The summed E-state index contributed by atoms with van der Waals surface area (Å²) in [6.45, 7) is 31.1. The minimum absolute atomic E-state index is 0.0571. The number of nitrogens with zero attached hydrogens (tertiary/aromatic N) is 4. The Morgan fingerprint density at radius 3 is 1.97 bits per heavy atom. The van der Waals surface area contributed by atoms with Crippen LogP contribution in [-0.4, -0.2) is 77.3 Å². The number of rotatable bonds is 11. The van der Waals surface area contributed by atoms with Crippen LogP contribution in [0.1, 0.15) is 141 Å². The van der Waals surface area contributed by atoms with Crippen LogP contribution in [0, 0.1) is 11.8 Å². The van der Waals surface area contributed by atoms with Crippen LogP contribution in [-0.2, 0) is 31.2 Å². The molecule has 1 aromatic heterocycles. The van der Waals surface area contributed by atoms with Crippen LogP contribution in [0.3, 0.4) is 0 Å². The number of esters is 1. The van der Waals surface area contributed by atoms with Gasteiger partial charge in [-0.15, -0.1) is 6.58 Å². The van der Waals surface area contributed by atoms with E-state index in [1.807, 2.05) is 36.4 Å². The molecule has 6 atom stereocenters. The Bertz CT molecular complexity index is 2350. The van der Waals surface area contributed by atoms with Gasteiger partial charge in [-0.25, -0.2) is 4.79 Å². The molecule has 9 heteroatoms. The number of fused-ring (bicyclic) bond motifs is 4. The van der Waals surface area contributed by atoms with E-state index in [0.717, 1.165) is 64.7 Å². The van der Waals surface area contributed by atoms with E-state index in [4.69, 9.17) is 19.5 Å². The summed E-state index contributed by atoms with van der Waals surface area (Å²) in [6, 6.07) is 14.6. The van der Waals surface area contributed by atoms with Crippen LogP contribution >= 0.6 is 0 Å². The van der Waals surface area contributed by atoms with Crippen molar-refractivity contribution in [2.45, 2.75) is 136 Å². The number of phenols is 2. The number of benzene rings is 3. The highest BCUT2D eigenvalue weighted by atomic mass is 16.5. The summed E-state index contributed by atoms with van der Waals surface area (Å²) in [4.78, 5) is 31.9. The molecule has 7 rings (SSSR count). The summed E-state index contributed by atoms with van der Waals surface area (Å²) in [6.07, 6.45) is 8.34. The van der Waals surface area contributed by atoms with Crippen molar-refractivity contribution in [1.29, 1.82) is 0 Å². The van der Waals surface area contributed by atoms with Gasteiger partial charge in [-0.1, -0.05) is 101 Å². The van der Waals surface area contributed by atoms with Crippen LogP contribution in [0.25, 0.3) is 10.9 Å². The second-order valence-corrected chi connectivity index (χ2v) is 21.6. The number of aromatic hydroxyl groups is 2. The Balaban J connectivity index is 1.46. The average molecular weight is 843 g/mol. The van der Waals surface area contributed by atoms with Crippen molar-refractivity contribution in [3.8, 4) is 17.2 Å². The molecule has 2 N–H and O–H groups in total. The van der Waals surface area contributed by atoms with Crippen molar-refractivity contribution in [1.82, 2.24) is 9.88 Å². The quantitative estimate of drug-likeness (QED) is 0.0877. The lowest BCUT2D eigenvalue weighted by molar-refractivity contribution is -0.158. The molecule has 3 saturated heterocycles. The molecule has 0 saturated carbocycles. The fourth-order valence-corrected chi connectivity index (χ4v) is 8.89. The number of piperidine rings is 3. The Hall–Kier alpha value is -5.02. The zero-order valence-corrected chi connectivity index (χ0v) is 39.5. The van der Waals surface area contributed by atoms with Crippen LogP contribution < -0.4 is 4.74 Å². The maximum atomic E-state index is 15.0. The van der Waals surface area contributed by atoms with E-state index in [9.17, 15) is 15.0 Å². The zero-order valence-electron chi connectivity index (χ0n) is 39.5. The third kappa shape index (κ3) is 10.1. The predicted octanol–water partition coefficient (Wildman–Crippen LogP) is 10.9. The first-order valence-electron chi connectivity index (χ1n) is 22.2. The van der Waals surface area contributed by atoms with E-state index in [-0.39, 0.29) is 45.7 Å². The first-order chi connectivity index (χ1) is 28.9. The highest BCUT2D eigenvalue weighted by molar-refractivity contribution is 5.89. The van der Waals surface area contributed by atoms with Crippen molar-refractivity contribution in [2.24, 2.45) is 21.8 Å².